The van der Waals surface area contributed by atoms with E-state index in [0.717, 1.165) is 30.4 Å². The zero-order valence-corrected chi connectivity index (χ0v) is 15.2. The molecule has 25 heavy (non-hydrogen) atoms. The first kappa shape index (κ1) is 17.8. The number of piperidine rings is 1. The summed E-state index contributed by atoms with van der Waals surface area (Å²) in [6.45, 7) is 2.87. The van der Waals surface area contributed by atoms with Crippen molar-refractivity contribution in [1.29, 1.82) is 5.26 Å². The second kappa shape index (κ2) is 8.37. The zero-order chi connectivity index (χ0) is 17.6. The third kappa shape index (κ3) is 4.97. The predicted octanol–water partition coefficient (Wildman–Crippen LogP) is 3.54. The van der Waals surface area contributed by atoms with Gasteiger partial charge in [0.05, 0.1) is 22.7 Å². The fourth-order valence-corrected chi connectivity index (χ4v) is 3.19. The van der Waals surface area contributed by atoms with Crippen molar-refractivity contribution >= 4 is 15.9 Å². The Hall–Kier alpha value is -2.04. The monoisotopic (exact) mass is 404 g/mol. The molecule has 0 bridgehead atoms. The lowest BCUT2D eigenvalue weighted by Crippen LogP contribution is -2.37. The third-order valence-corrected chi connectivity index (χ3v) is 4.63. The van der Waals surface area contributed by atoms with Gasteiger partial charge in [0.1, 0.15) is 5.82 Å². The van der Waals surface area contributed by atoms with E-state index in [4.69, 9.17) is 10.00 Å². The lowest BCUT2D eigenvalue weighted by Gasteiger charge is -2.32. The van der Waals surface area contributed by atoms with Gasteiger partial charge in [0.15, 0.2) is 0 Å². The summed E-state index contributed by atoms with van der Waals surface area (Å²) in [6.07, 6.45) is 5.43. The first-order valence-electron chi connectivity index (χ1n) is 8.15. The van der Waals surface area contributed by atoms with Gasteiger partial charge in [-0.3, -0.25) is 4.90 Å². The van der Waals surface area contributed by atoms with Crippen LogP contribution in [0.1, 0.15) is 24.0 Å². The molecule has 3 rings (SSSR count). The molecule has 1 aliphatic rings. The highest BCUT2D eigenvalue weighted by Crippen LogP contribution is 2.21. The highest BCUT2D eigenvalue weighted by atomic mass is 79.9. The van der Waals surface area contributed by atoms with Crippen molar-refractivity contribution in [2.45, 2.75) is 19.4 Å². The third-order valence-electron chi connectivity index (χ3n) is 4.22. The number of ether oxygens (including phenoxy) is 1. The fraction of sp³-hybridized carbons (Fsp3) is 0.389. The van der Waals surface area contributed by atoms with Crippen molar-refractivity contribution in [3.05, 3.63) is 52.0 Å². The van der Waals surface area contributed by atoms with Crippen LogP contribution >= 0.6 is 15.9 Å². The van der Waals surface area contributed by atoms with Crippen LogP contribution in [0.3, 0.4) is 0 Å². The molecular formula is C18H18BrFN4O. The molecule has 1 aliphatic heterocycles. The summed E-state index contributed by atoms with van der Waals surface area (Å²) in [7, 11) is 0. The Balaban J connectivity index is 1.54. The Bertz CT molecular complexity index is 763. The number of hydrogen-bond donors (Lipinski definition) is 0. The lowest BCUT2D eigenvalue weighted by atomic mass is 9.98. The number of aromatic nitrogens is 2. The van der Waals surface area contributed by atoms with Crippen molar-refractivity contribution < 1.29 is 9.13 Å². The fourth-order valence-electron chi connectivity index (χ4n) is 2.98. The van der Waals surface area contributed by atoms with Crippen LogP contribution in [0.25, 0.3) is 0 Å². The Morgan fingerprint density at radius 2 is 2.16 bits per heavy atom. The van der Waals surface area contributed by atoms with E-state index >= 15 is 0 Å². The van der Waals surface area contributed by atoms with Gasteiger partial charge in [-0.2, -0.15) is 5.26 Å². The zero-order valence-electron chi connectivity index (χ0n) is 13.7. The van der Waals surface area contributed by atoms with Crippen molar-refractivity contribution in [3.63, 3.8) is 0 Å². The van der Waals surface area contributed by atoms with Gasteiger partial charge < -0.3 is 4.74 Å². The summed E-state index contributed by atoms with van der Waals surface area (Å²) in [4.78, 5) is 10.4. The SMILES string of the molecule is N#Cc1ccc(CN2CCCC(COc3ncc(Br)cn3)C2)c(F)c1. The maximum Gasteiger partial charge on any atom is 0.316 e. The Morgan fingerprint density at radius 1 is 1.36 bits per heavy atom. The first-order chi connectivity index (χ1) is 12.1. The Morgan fingerprint density at radius 3 is 2.88 bits per heavy atom. The molecule has 1 fully saturated rings. The van der Waals surface area contributed by atoms with E-state index in [2.05, 4.69) is 30.8 Å². The summed E-state index contributed by atoms with van der Waals surface area (Å²) < 4.78 is 20.6. The van der Waals surface area contributed by atoms with E-state index in [-0.39, 0.29) is 5.82 Å². The first-order valence-corrected chi connectivity index (χ1v) is 8.94. The molecule has 7 heteroatoms. The minimum absolute atomic E-state index is 0.319. The molecule has 1 aromatic carbocycles. The van der Waals surface area contributed by atoms with Crippen molar-refractivity contribution in [2.75, 3.05) is 19.7 Å². The molecular weight excluding hydrogens is 387 g/mol. The summed E-state index contributed by atoms with van der Waals surface area (Å²) in [5.74, 6) is 0.0446. The Labute approximate surface area is 154 Å². The van der Waals surface area contributed by atoms with Crippen LogP contribution in [-0.2, 0) is 6.54 Å². The molecule has 0 N–H and O–H groups in total. The van der Waals surface area contributed by atoms with E-state index < -0.39 is 0 Å². The van der Waals surface area contributed by atoms with E-state index in [1.165, 1.54) is 6.07 Å². The van der Waals surface area contributed by atoms with Crippen LogP contribution in [0.5, 0.6) is 6.01 Å². The maximum absolute atomic E-state index is 14.1. The summed E-state index contributed by atoms with van der Waals surface area (Å²) in [5, 5.41) is 8.82. The van der Waals surface area contributed by atoms with Crippen molar-refractivity contribution in [1.82, 2.24) is 14.9 Å². The molecule has 0 amide bonds. The van der Waals surface area contributed by atoms with Crippen molar-refractivity contribution in [2.24, 2.45) is 5.92 Å². The molecule has 1 aromatic heterocycles. The minimum atomic E-state index is -0.319. The summed E-state index contributed by atoms with van der Waals surface area (Å²) in [5.41, 5.74) is 0.970. The molecule has 1 saturated heterocycles. The maximum atomic E-state index is 14.1. The minimum Gasteiger partial charge on any atom is -0.463 e. The van der Waals surface area contributed by atoms with Gasteiger partial charge >= 0.3 is 6.01 Å². The largest absolute Gasteiger partial charge is 0.463 e. The Kier molecular flexibility index (Phi) is 5.95. The number of likely N-dealkylation sites (tertiary alicyclic amines) is 1. The highest BCUT2D eigenvalue weighted by Gasteiger charge is 2.21. The van der Waals surface area contributed by atoms with Crippen LogP contribution < -0.4 is 4.74 Å². The highest BCUT2D eigenvalue weighted by molar-refractivity contribution is 9.10. The summed E-state index contributed by atoms with van der Waals surface area (Å²) in [6, 6.07) is 6.99. The van der Waals surface area contributed by atoms with Gasteiger partial charge in [0, 0.05) is 37.0 Å². The number of halogens is 2. The smallest absolute Gasteiger partial charge is 0.316 e. The van der Waals surface area contributed by atoms with Crippen LogP contribution in [-0.4, -0.2) is 34.6 Å². The molecule has 0 aliphatic carbocycles. The standard InChI is InChI=1S/C18H18BrFN4O/c19-16-8-22-18(23-9-16)25-12-14-2-1-5-24(10-14)11-15-4-3-13(7-21)6-17(15)20/h3-4,6,8-9,14H,1-2,5,10-12H2. The lowest BCUT2D eigenvalue weighted by molar-refractivity contribution is 0.120. The van der Waals surface area contributed by atoms with E-state index in [0.29, 0.717) is 36.2 Å². The van der Waals surface area contributed by atoms with E-state index in [1.807, 2.05) is 6.07 Å². The number of rotatable bonds is 5. The molecule has 0 saturated carbocycles. The van der Waals surface area contributed by atoms with Crippen LogP contribution in [0.15, 0.2) is 35.1 Å². The molecule has 1 atom stereocenters. The van der Waals surface area contributed by atoms with Crippen molar-refractivity contribution in [3.8, 4) is 12.1 Å². The normalized spacial score (nSPS) is 17.9. The number of nitriles is 1. The number of nitrogens with zero attached hydrogens (tertiary/aromatic N) is 4. The molecule has 130 valence electrons. The molecule has 1 unspecified atom stereocenters. The second-order valence-corrected chi connectivity index (χ2v) is 7.07. The molecule has 0 radical (unpaired) electrons. The topological polar surface area (TPSA) is 62.0 Å². The van der Waals surface area contributed by atoms with E-state index in [1.54, 1.807) is 24.5 Å². The van der Waals surface area contributed by atoms with Crippen LogP contribution in [0, 0.1) is 23.1 Å². The van der Waals surface area contributed by atoms with Crippen LogP contribution in [0.4, 0.5) is 4.39 Å². The predicted molar refractivity (Wildman–Crippen MR) is 94.3 cm³/mol. The van der Waals surface area contributed by atoms with Gasteiger partial charge in [-0.15, -0.1) is 0 Å². The summed E-state index contributed by atoms with van der Waals surface area (Å²) >= 11 is 3.29. The van der Waals surface area contributed by atoms with Crippen LogP contribution in [0.2, 0.25) is 0 Å². The van der Waals surface area contributed by atoms with E-state index in [9.17, 15) is 4.39 Å². The molecule has 2 heterocycles. The number of hydrogen-bond acceptors (Lipinski definition) is 5. The molecule has 0 spiro atoms. The molecule has 5 nitrogen and oxygen atoms in total. The quantitative estimate of drug-likeness (QED) is 0.762. The average Bonchev–Trinajstić information content (AvgIpc) is 2.63. The average molecular weight is 405 g/mol. The van der Waals surface area contributed by atoms with Gasteiger partial charge in [-0.05, 0) is 47.4 Å². The van der Waals surface area contributed by atoms with Gasteiger partial charge in [0.2, 0.25) is 0 Å². The van der Waals surface area contributed by atoms with Gasteiger partial charge in [-0.25, -0.2) is 14.4 Å². The molecule has 2 aromatic rings. The second-order valence-electron chi connectivity index (χ2n) is 6.16. The van der Waals surface area contributed by atoms with Gasteiger partial charge in [0.25, 0.3) is 0 Å². The number of benzene rings is 1. The van der Waals surface area contributed by atoms with Gasteiger partial charge in [-0.1, -0.05) is 6.07 Å².